The molecule has 0 aromatic heterocycles. The first-order valence-corrected chi connectivity index (χ1v) is 11.6. The first-order valence-electron chi connectivity index (χ1n) is 10.5. The minimum absolute atomic E-state index is 0.202. The summed E-state index contributed by atoms with van der Waals surface area (Å²) in [5.74, 6) is -2.51. The highest BCUT2D eigenvalue weighted by Gasteiger charge is 2.74. The van der Waals surface area contributed by atoms with E-state index in [-0.39, 0.29) is 28.6 Å². The number of hydrogen-bond acceptors (Lipinski definition) is 4. The summed E-state index contributed by atoms with van der Waals surface area (Å²) in [6, 6.07) is 8.05. The third-order valence-electron chi connectivity index (χ3n) is 7.51. The molecule has 1 spiro atoms. The second-order valence-electron chi connectivity index (χ2n) is 8.83. The summed E-state index contributed by atoms with van der Waals surface area (Å²) < 4.78 is 0. The second kappa shape index (κ2) is 6.70. The first kappa shape index (κ1) is 20.5. The standard InChI is InChI=1S/C23H18Cl3N3O3/c1-10-13(25)7-5-12-19(10)27-22(32)23(12)18-17(15-3-2-8-28(15)23)20(30)29(21(18)31)16-9-11(24)4-6-14(16)26/h4-7,9,15,17-18H,2-3,8H2,1H3,(H,27,32)/t15-,17+,18+,23+/m1/s1. The normalized spacial score (nSPS) is 30.8. The molecular formula is C23H18Cl3N3O3. The van der Waals surface area contributed by atoms with Gasteiger partial charge in [-0.15, -0.1) is 0 Å². The highest BCUT2D eigenvalue weighted by atomic mass is 35.5. The number of anilines is 2. The van der Waals surface area contributed by atoms with Crippen molar-refractivity contribution in [1.82, 2.24) is 4.90 Å². The van der Waals surface area contributed by atoms with Crippen LogP contribution in [0.25, 0.3) is 0 Å². The van der Waals surface area contributed by atoms with E-state index < -0.39 is 23.3 Å². The van der Waals surface area contributed by atoms with Crippen LogP contribution in [0.2, 0.25) is 15.1 Å². The lowest BCUT2D eigenvalue weighted by Gasteiger charge is -2.36. The second-order valence-corrected chi connectivity index (χ2v) is 10.1. The van der Waals surface area contributed by atoms with Crippen molar-refractivity contribution in [1.29, 1.82) is 0 Å². The van der Waals surface area contributed by atoms with Gasteiger partial charge in [-0.1, -0.05) is 40.9 Å². The van der Waals surface area contributed by atoms with Crippen molar-refractivity contribution in [3.05, 3.63) is 56.5 Å². The van der Waals surface area contributed by atoms with E-state index in [4.69, 9.17) is 34.8 Å². The maximum absolute atomic E-state index is 13.9. The van der Waals surface area contributed by atoms with Crippen LogP contribution in [0.5, 0.6) is 0 Å². The molecule has 3 fully saturated rings. The van der Waals surface area contributed by atoms with Crippen molar-refractivity contribution in [2.75, 3.05) is 16.8 Å². The summed E-state index contributed by atoms with van der Waals surface area (Å²) in [7, 11) is 0. The van der Waals surface area contributed by atoms with Crippen LogP contribution in [-0.4, -0.2) is 35.2 Å². The van der Waals surface area contributed by atoms with E-state index in [2.05, 4.69) is 10.2 Å². The number of nitrogens with zero attached hydrogens (tertiary/aromatic N) is 2. The highest BCUT2D eigenvalue weighted by Crippen LogP contribution is 2.61. The number of halogens is 3. The molecule has 0 radical (unpaired) electrons. The van der Waals surface area contributed by atoms with Gasteiger partial charge in [0.05, 0.1) is 28.2 Å². The molecular weight excluding hydrogens is 473 g/mol. The Kier molecular flexibility index (Phi) is 4.29. The Morgan fingerprint density at radius 2 is 1.78 bits per heavy atom. The van der Waals surface area contributed by atoms with Gasteiger partial charge in [0.1, 0.15) is 5.54 Å². The molecule has 6 nitrogen and oxygen atoms in total. The largest absolute Gasteiger partial charge is 0.324 e. The van der Waals surface area contributed by atoms with E-state index in [1.54, 1.807) is 18.2 Å². The van der Waals surface area contributed by atoms with Crippen molar-refractivity contribution >= 4 is 63.9 Å². The molecule has 3 saturated heterocycles. The number of hydrogen-bond donors (Lipinski definition) is 1. The van der Waals surface area contributed by atoms with Crippen molar-refractivity contribution in [3.8, 4) is 0 Å². The number of imide groups is 1. The van der Waals surface area contributed by atoms with Gasteiger partial charge >= 0.3 is 0 Å². The van der Waals surface area contributed by atoms with Crippen LogP contribution >= 0.6 is 34.8 Å². The van der Waals surface area contributed by atoms with Gasteiger partial charge in [0.2, 0.25) is 17.7 Å². The molecule has 32 heavy (non-hydrogen) atoms. The van der Waals surface area contributed by atoms with Crippen LogP contribution < -0.4 is 10.2 Å². The summed E-state index contributed by atoms with van der Waals surface area (Å²) in [6.07, 6.45) is 1.60. The van der Waals surface area contributed by atoms with Crippen LogP contribution in [0.3, 0.4) is 0 Å². The van der Waals surface area contributed by atoms with Gasteiger partial charge in [0, 0.05) is 21.7 Å². The molecule has 2 aromatic carbocycles. The molecule has 4 heterocycles. The van der Waals surface area contributed by atoms with Crippen LogP contribution in [0.1, 0.15) is 24.0 Å². The van der Waals surface area contributed by atoms with Crippen molar-refractivity contribution in [2.24, 2.45) is 11.8 Å². The molecule has 9 heteroatoms. The van der Waals surface area contributed by atoms with Crippen LogP contribution in [0, 0.1) is 18.8 Å². The predicted octanol–water partition coefficient (Wildman–Crippen LogP) is 4.39. The van der Waals surface area contributed by atoms with Gasteiger partial charge in [-0.3, -0.25) is 19.3 Å². The van der Waals surface area contributed by atoms with Crippen LogP contribution in [0.15, 0.2) is 30.3 Å². The Morgan fingerprint density at radius 3 is 2.56 bits per heavy atom. The maximum Gasteiger partial charge on any atom is 0.250 e. The number of rotatable bonds is 1. The fourth-order valence-corrected chi connectivity index (χ4v) is 6.81. The zero-order valence-electron chi connectivity index (χ0n) is 17.0. The van der Waals surface area contributed by atoms with Crippen molar-refractivity contribution in [2.45, 2.75) is 31.3 Å². The molecule has 164 valence electrons. The number of fused-ring (bicyclic) bond motifs is 7. The van der Waals surface area contributed by atoms with Gasteiger partial charge in [-0.2, -0.15) is 0 Å². The molecule has 2 aromatic rings. The average Bonchev–Trinajstić information content (AvgIpc) is 3.46. The molecule has 3 amide bonds. The minimum atomic E-state index is -1.25. The summed E-state index contributed by atoms with van der Waals surface area (Å²) in [5.41, 5.74) is 1.11. The van der Waals surface area contributed by atoms with Gasteiger partial charge in [0.15, 0.2) is 0 Å². The number of benzene rings is 2. The van der Waals surface area contributed by atoms with Gasteiger partial charge in [-0.25, -0.2) is 4.90 Å². The molecule has 4 aliphatic heterocycles. The van der Waals surface area contributed by atoms with E-state index in [1.165, 1.54) is 6.07 Å². The Hall–Kier alpha value is -2.12. The lowest BCUT2D eigenvalue weighted by molar-refractivity contribution is -0.135. The summed E-state index contributed by atoms with van der Waals surface area (Å²) in [4.78, 5) is 44.5. The number of carbonyl (C=O) groups excluding carboxylic acids is 3. The third kappa shape index (κ3) is 2.29. The van der Waals surface area contributed by atoms with E-state index >= 15 is 0 Å². The highest BCUT2D eigenvalue weighted by molar-refractivity contribution is 6.38. The molecule has 0 saturated carbocycles. The molecule has 0 bridgehead atoms. The maximum atomic E-state index is 13.9. The quantitative estimate of drug-likeness (QED) is 0.602. The number of carbonyl (C=O) groups is 3. The fourth-order valence-electron chi connectivity index (χ4n) is 6.29. The predicted molar refractivity (Wildman–Crippen MR) is 122 cm³/mol. The lowest BCUT2D eigenvalue weighted by atomic mass is 9.75. The molecule has 4 atom stereocenters. The Morgan fingerprint density at radius 1 is 1.03 bits per heavy atom. The monoisotopic (exact) mass is 489 g/mol. The van der Waals surface area contributed by atoms with E-state index in [0.29, 0.717) is 27.8 Å². The summed E-state index contributed by atoms with van der Waals surface area (Å²) in [6.45, 7) is 2.48. The molecule has 0 aliphatic carbocycles. The van der Waals surface area contributed by atoms with E-state index in [0.717, 1.165) is 23.3 Å². The minimum Gasteiger partial charge on any atom is -0.324 e. The number of nitrogens with one attached hydrogen (secondary N) is 1. The molecule has 4 aliphatic rings. The van der Waals surface area contributed by atoms with Crippen molar-refractivity contribution in [3.63, 3.8) is 0 Å². The van der Waals surface area contributed by atoms with E-state index in [9.17, 15) is 14.4 Å². The third-order valence-corrected chi connectivity index (χ3v) is 8.48. The van der Waals surface area contributed by atoms with E-state index in [1.807, 2.05) is 13.0 Å². The van der Waals surface area contributed by atoms with Gasteiger partial charge < -0.3 is 5.32 Å². The Labute approximate surface area is 199 Å². The Bertz CT molecular complexity index is 1250. The van der Waals surface area contributed by atoms with Gasteiger partial charge in [-0.05, 0) is 56.1 Å². The fraction of sp³-hybridized carbons (Fsp3) is 0.348. The molecule has 1 N–H and O–H groups in total. The summed E-state index contributed by atoms with van der Waals surface area (Å²) >= 11 is 18.8. The van der Waals surface area contributed by atoms with Crippen molar-refractivity contribution < 1.29 is 14.4 Å². The SMILES string of the molecule is Cc1c(Cl)ccc2c1NC(=O)[C@@]21[C@@H]2C(=O)N(c3cc(Cl)ccc3Cl)C(=O)[C@H]2[C@H]2CCCN21. The number of amides is 3. The molecule has 0 unspecified atom stereocenters. The average molecular weight is 491 g/mol. The lowest BCUT2D eigenvalue weighted by Crippen LogP contribution is -2.54. The van der Waals surface area contributed by atoms with Gasteiger partial charge in [0.25, 0.3) is 0 Å². The molecule has 6 rings (SSSR count). The topological polar surface area (TPSA) is 69.7 Å². The smallest absolute Gasteiger partial charge is 0.250 e. The zero-order valence-corrected chi connectivity index (χ0v) is 19.3. The Balaban J connectivity index is 1.58. The zero-order chi connectivity index (χ0) is 22.5. The summed E-state index contributed by atoms with van der Waals surface area (Å²) in [5, 5.41) is 4.14. The van der Waals surface area contributed by atoms with Crippen LogP contribution in [-0.2, 0) is 19.9 Å². The van der Waals surface area contributed by atoms with Crippen LogP contribution in [0.4, 0.5) is 11.4 Å². The first-order chi connectivity index (χ1) is 15.3.